The highest BCUT2D eigenvalue weighted by Gasteiger charge is 2.18. The number of halogens is 1. The maximum Gasteiger partial charge on any atom is 0.514 e. The number of hydrogen-bond donors (Lipinski definition) is 0. The molecule has 2 rings (SSSR count). The average molecular weight is 391 g/mol. The summed E-state index contributed by atoms with van der Waals surface area (Å²) in [6.45, 7) is 5.51. The monoisotopic (exact) mass is 390 g/mol. The number of benzene rings is 2. The Morgan fingerprint density at radius 3 is 2.11 bits per heavy atom. The van der Waals surface area contributed by atoms with Crippen LogP contribution in [0, 0.1) is 0 Å². The van der Waals surface area contributed by atoms with E-state index in [9.17, 15) is 9.59 Å². The number of rotatable bonds is 7. The molecule has 5 nitrogen and oxygen atoms in total. The van der Waals surface area contributed by atoms with E-state index in [0.717, 1.165) is 12.0 Å². The first-order valence-corrected chi connectivity index (χ1v) is 9.19. The molecule has 0 amide bonds. The quantitative estimate of drug-likeness (QED) is 0.465. The molecule has 2 unspecified atom stereocenters. The zero-order valence-electron chi connectivity index (χ0n) is 15.6. The predicted molar refractivity (Wildman–Crippen MR) is 103 cm³/mol. The van der Waals surface area contributed by atoms with Gasteiger partial charge in [-0.2, -0.15) is 0 Å². The number of carbonyl (C=O) groups is 2. The number of ether oxygens (including phenoxy) is 3. The van der Waals surface area contributed by atoms with Gasteiger partial charge in [-0.1, -0.05) is 30.7 Å². The van der Waals surface area contributed by atoms with Gasteiger partial charge in [0.2, 0.25) is 0 Å². The second-order valence-corrected chi connectivity index (χ2v) is 6.67. The molecule has 2 aromatic carbocycles. The van der Waals surface area contributed by atoms with Gasteiger partial charge < -0.3 is 14.2 Å². The fraction of sp³-hybridized carbons (Fsp3) is 0.333. The number of hydrogen-bond acceptors (Lipinski definition) is 5. The molecule has 0 spiro atoms. The summed E-state index contributed by atoms with van der Waals surface area (Å²) in [4.78, 5) is 24.0. The van der Waals surface area contributed by atoms with Crippen LogP contribution in [-0.4, -0.2) is 24.3 Å². The second-order valence-electron chi connectivity index (χ2n) is 6.24. The van der Waals surface area contributed by atoms with Crippen molar-refractivity contribution in [2.24, 2.45) is 0 Å². The Bertz CT molecular complexity index is 755. The second kappa shape index (κ2) is 9.97. The summed E-state index contributed by atoms with van der Waals surface area (Å²) in [5, 5.41) is 0.545. The van der Waals surface area contributed by atoms with Crippen molar-refractivity contribution in [3.8, 4) is 5.75 Å². The van der Waals surface area contributed by atoms with Crippen LogP contribution in [-0.2, 0) is 15.9 Å². The minimum Gasteiger partial charge on any atom is -0.459 e. The van der Waals surface area contributed by atoms with Gasteiger partial charge in [-0.05, 0) is 62.2 Å². The van der Waals surface area contributed by atoms with E-state index >= 15 is 0 Å². The average Bonchev–Trinajstić information content (AvgIpc) is 2.63. The van der Waals surface area contributed by atoms with E-state index in [1.54, 1.807) is 50.2 Å². The van der Waals surface area contributed by atoms with E-state index in [1.165, 1.54) is 0 Å². The Hall–Kier alpha value is -2.53. The molecular weight excluding hydrogens is 368 g/mol. The van der Waals surface area contributed by atoms with Crippen molar-refractivity contribution in [2.75, 3.05) is 0 Å². The topological polar surface area (TPSA) is 61.8 Å². The summed E-state index contributed by atoms with van der Waals surface area (Å²) in [6.07, 6.45) is -0.448. The van der Waals surface area contributed by atoms with Crippen LogP contribution in [0.4, 0.5) is 4.79 Å². The normalized spacial score (nSPS) is 12.7. The highest BCUT2D eigenvalue weighted by atomic mass is 35.5. The van der Waals surface area contributed by atoms with Crippen LogP contribution in [0.3, 0.4) is 0 Å². The van der Waals surface area contributed by atoms with Crippen molar-refractivity contribution in [2.45, 2.75) is 45.8 Å². The van der Waals surface area contributed by atoms with Gasteiger partial charge in [-0.15, -0.1) is 0 Å². The molecule has 0 aliphatic carbocycles. The molecule has 2 aromatic rings. The van der Waals surface area contributed by atoms with E-state index in [0.29, 0.717) is 22.8 Å². The molecule has 0 N–H and O–H groups in total. The molecule has 144 valence electrons. The molecule has 27 heavy (non-hydrogen) atoms. The number of carbonyl (C=O) groups excluding carboxylic acids is 2. The smallest absolute Gasteiger partial charge is 0.459 e. The first-order chi connectivity index (χ1) is 12.9. The molecule has 0 radical (unpaired) electrons. The van der Waals surface area contributed by atoms with Crippen LogP contribution in [0.5, 0.6) is 5.75 Å². The largest absolute Gasteiger partial charge is 0.514 e. The Kier molecular flexibility index (Phi) is 7.67. The summed E-state index contributed by atoms with van der Waals surface area (Å²) in [7, 11) is 0. The lowest BCUT2D eigenvalue weighted by atomic mass is 10.1. The summed E-state index contributed by atoms with van der Waals surface area (Å²) < 4.78 is 15.7. The van der Waals surface area contributed by atoms with Gasteiger partial charge in [0.1, 0.15) is 18.0 Å². The highest BCUT2D eigenvalue weighted by Crippen LogP contribution is 2.17. The lowest BCUT2D eigenvalue weighted by molar-refractivity contribution is 0.0124. The number of aryl methyl sites for hydroxylation is 1. The summed E-state index contributed by atoms with van der Waals surface area (Å²) >= 11 is 5.78. The van der Waals surface area contributed by atoms with E-state index in [4.69, 9.17) is 25.8 Å². The van der Waals surface area contributed by atoms with Crippen LogP contribution in [0.2, 0.25) is 5.02 Å². The van der Waals surface area contributed by atoms with Gasteiger partial charge in [0, 0.05) is 11.4 Å². The fourth-order valence-corrected chi connectivity index (χ4v) is 2.60. The van der Waals surface area contributed by atoms with Crippen LogP contribution in [0.1, 0.15) is 43.1 Å². The van der Waals surface area contributed by atoms with Crippen LogP contribution < -0.4 is 4.74 Å². The van der Waals surface area contributed by atoms with Crippen molar-refractivity contribution < 1.29 is 23.8 Å². The van der Waals surface area contributed by atoms with Crippen molar-refractivity contribution in [3.05, 3.63) is 64.7 Å². The van der Waals surface area contributed by atoms with Crippen molar-refractivity contribution in [1.29, 1.82) is 0 Å². The lowest BCUT2D eigenvalue weighted by Crippen LogP contribution is -2.25. The van der Waals surface area contributed by atoms with E-state index in [2.05, 4.69) is 6.92 Å². The first-order valence-electron chi connectivity index (χ1n) is 8.81. The molecule has 6 heteroatoms. The predicted octanol–water partition coefficient (Wildman–Crippen LogP) is 5.44. The number of esters is 1. The molecule has 2 atom stereocenters. The maximum absolute atomic E-state index is 12.2. The standard InChI is InChI=1S/C21H23ClO5/c1-4-16-5-7-17(8-6-16)20(23)25-14(2)13-15(3)26-21(24)27-19-11-9-18(22)10-12-19/h5-12,14-15H,4,13H2,1-3H3. The molecule has 0 heterocycles. The molecule has 0 aliphatic rings. The first kappa shape index (κ1) is 20.8. The van der Waals surface area contributed by atoms with E-state index < -0.39 is 24.3 Å². The van der Waals surface area contributed by atoms with Gasteiger partial charge in [0.25, 0.3) is 0 Å². The van der Waals surface area contributed by atoms with Crippen LogP contribution in [0.15, 0.2) is 48.5 Å². The van der Waals surface area contributed by atoms with Gasteiger partial charge in [-0.3, -0.25) is 0 Å². The summed E-state index contributed by atoms with van der Waals surface area (Å²) in [5.74, 6) is -0.0623. The van der Waals surface area contributed by atoms with E-state index in [1.807, 2.05) is 12.1 Å². The van der Waals surface area contributed by atoms with Crippen molar-refractivity contribution >= 4 is 23.7 Å². The maximum atomic E-state index is 12.2. The Morgan fingerprint density at radius 2 is 1.52 bits per heavy atom. The molecule has 0 aliphatic heterocycles. The Balaban J connectivity index is 1.78. The van der Waals surface area contributed by atoms with Gasteiger partial charge >= 0.3 is 12.1 Å². The van der Waals surface area contributed by atoms with Crippen molar-refractivity contribution in [3.63, 3.8) is 0 Å². The van der Waals surface area contributed by atoms with E-state index in [-0.39, 0.29) is 0 Å². The summed E-state index contributed by atoms with van der Waals surface area (Å²) in [5.41, 5.74) is 1.65. The molecule has 0 fully saturated rings. The molecule has 0 saturated carbocycles. The zero-order chi connectivity index (χ0) is 19.8. The fourth-order valence-electron chi connectivity index (χ4n) is 2.48. The summed E-state index contributed by atoms with van der Waals surface area (Å²) in [6, 6.07) is 13.7. The SMILES string of the molecule is CCc1ccc(C(=O)OC(C)CC(C)OC(=O)Oc2ccc(Cl)cc2)cc1. The Morgan fingerprint density at radius 1 is 0.926 bits per heavy atom. The molecule has 0 saturated heterocycles. The lowest BCUT2D eigenvalue weighted by Gasteiger charge is -2.18. The zero-order valence-corrected chi connectivity index (χ0v) is 16.4. The van der Waals surface area contributed by atoms with Crippen LogP contribution in [0.25, 0.3) is 0 Å². The molecular formula is C21H23ClO5. The van der Waals surface area contributed by atoms with Gasteiger partial charge in [-0.25, -0.2) is 9.59 Å². The molecule has 0 aromatic heterocycles. The molecule has 0 bridgehead atoms. The van der Waals surface area contributed by atoms with Crippen molar-refractivity contribution in [1.82, 2.24) is 0 Å². The minimum atomic E-state index is -0.821. The minimum absolute atomic E-state index is 0.339. The highest BCUT2D eigenvalue weighted by molar-refractivity contribution is 6.30. The third-order valence-electron chi connectivity index (χ3n) is 3.88. The Labute approximate surface area is 164 Å². The third kappa shape index (κ3) is 6.94. The van der Waals surface area contributed by atoms with Gasteiger partial charge in [0.05, 0.1) is 5.56 Å². The van der Waals surface area contributed by atoms with Crippen LogP contribution >= 0.6 is 11.6 Å². The third-order valence-corrected chi connectivity index (χ3v) is 4.13. The van der Waals surface area contributed by atoms with Gasteiger partial charge in [0.15, 0.2) is 0 Å².